The Morgan fingerprint density at radius 3 is 3.07 bits per heavy atom. The Morgan fingerprint density at radius 2 is 2.36 bits per heavy atom. The van der Waals surface area contributed by atoms with Crippen LogP contribution < -0.4 is 5.73 Å². The summed E-state index contributed by atoms with van der Waals surface area (Å²) in [5.41, 5.74) is 6.59. The van der Waals surface area contributed by atoms with Gasteiger partial charge in [0.1, 0.15) is 12.7 Å². The lowest BCUT2D eigenvalue weighted by molar-refractivity contribution is 0.816. The van der Waals surface area contributed by atoms with Gasteiger partial charge in [-0.1, -0.05) is 6.07 Å². The fraction of sp³-hybridized carbons (Fsp3) is 0.222. The van der Waals surface area contributed by atoms with Gasteiger partial charge in [0.25, 0.3) is 0 Å². The third kappa shape index (κ3) is 1.62. The summed E-state index contributed by atoms with van der Waals surface area (Å²) in [5.74, 6) is 0.801. The molecule has 0 aliphatic heterocycles. The average molecular weight is 189 g/mol. The standard InChI is InChI=1S/C9H11N5/c10-4-3-8-2-1-5-12-9(8)14-7-11-6-13-14/h1-2,5-7H,3-4,10H2. The van der Waals surface area contributed by atoms with Crippen molar-refractivity contribution in [2.75, 3.05) is 6.54 Å². The Bertz CT molecular complexity index is 395. The first-order valence-electron chi connectivity index (χ1n) is 4.41. The second kappa shape index (κ2) is 3.97. The molecule has 0 aliphatic carbocycles. The topological polar surface area (TPSA) is 69.6 Å². The fourth-order valence-corrected chi connectivity index (χ4v) is 1.30. The smallest absolute Gasteiger partial charge is 0.158 e. The van der Waals surface area contributed by atoms with Gasteiger partial charge in [0.15, 0.2) is 5.82 Å². The summed E-state index contributed by atoms with van der Waals surface area (Å²) in [6, 6.07) is 3.89. The average Bonchev–Trinajstić information content (AvgIpc) is 2.72. The number of hydrogen-bond acceptors (Lipinski definition) is 4. The zero-order valence-electron chi connectivity index (χ0n) is 7.67. The summed E-state index contributed by atoms with van der Waals surface area (Å²) >= 11 is 0. The van der Waals surface area contributed by atoms with Crippen molar-refractivity contribution in [3.63, 3.8) is 0 Å². The van der Waals surface area contributed by atoms with E-state index in [1.807, 2.05) is 12.1 Å². The SMILES string of the molecule is NCCc1cccnc1-n1cncn1. The molecule has 0 atom stereocenters. The van der Waals surface area contributed by atoms with Crippen LogP contribution in [0.3, 0.4) is 0 Å². The van der Waals surface area contributed by atoms with Gasteiger partial charge < -0.3 is 5.73 Å². The summed E-state index contributed by atoms with van der Waals surface area (Å²) in [5, 5.41) is 4.03. The van der Waals surface area contributed by atoms with Crippen molar-refractivity contribution in [1.82, 2.24) is 19.7 Å². The monoisotopic (exact) mass is 189 g/mol. The van der Waals surface area contributed by atoms with Crippen LogP contribution in [0.2, 0.25) is 0 Å². The number of nitrogens with two attached hydrogens (primary N) is 1. The number of hydrogen-bond donors (Lipinski definition) is 1. The predicted molar refractivity (Wildman–Crippen MR) is 51.9 cm³/mol. The van der Waals surface area contributed by atoms with E-state index in [-0.39, 0.29) is 0 Å². The van der Waals surface area contributed by atoms with Crippen molar-refractivity contribution in [2.45, 2.75) is 6.42 Å². The Balaban J connectivity index is 2.42. The van der Waals surface area contributed by atoms with Crippen LogP contribution in [0.15, 0.2) is 31.0 Å². The molecule has 0 amide bonds. The summed E-state index contributed by atoms with van der Waals surface area (Å²) < 4.78 is 1.64. The maximum Gasteiger partial charge on any atom is 0.158 e. The van der Waals surface area contributed by atoms with Gasteiger partial charge in [-0.3, -0.25) is 0 Å². The molecule has 5 nitrogen and oxygen atoms in total. The van der Waals surface area contributed by atoms with Gasteiger partial charge >= 0.3 is 0 Å². The van der Waals surface area contributed by atoms with Crippen LogP contribution in [0.5, 0.6) is 0 Å². The third-order valence-corrected chi connectivity index (χ3v) is 1.92. The van der Waals surface area contributed by atoms with E-state index in [2.05, 4.69) is 15.1 Å². The zero-order chi connectivity index (χ0) is 9.80. The van der Waals surface area contributed by atoms with Crippen LogP contribution in [-0.2, 0) is 6.42 Å². The van der Waals surface area contributed by atoms with Crippen molar-refractivity contribution in [1.29, 1.82) is 0 Å². The van der Waals surface area contributed by atoms with Gasteiger partial charge in [-0.05, 0) is 24.6 Å². The van der Waals surface area contributed by atoms with E-state index in [1.165, 1.54) is 6.33 Å². The highest BCUT2D eigenvalue weighted by Gasteiger charge is 2.04. The number of nitrogens with zero attached hydrogens (tertiary/aromatic N) is 4. The molecular formula is C9H11N5. The molecule has 0 bridgehead atoms. The molecule has 2 rings (SSSR count). The van der Waals surface area contributed by atoms with E-state index >= 15 is 0 Å². The molecular weight excluding hydrogens is 178 g/mol. The minimum atomic E-state index is 0.605. The van der Waals surface area contributed by atoms with E-state index < -0.39 is 0 Å². The summed E-state index contributed by atoms with van der Waals surface area (Å²) in [6.45, 7) is 0.605. The largest absolute Gasteiger partial charge is 0.330 e. The van der Waals surface area contributed by atoms with E-state index in [1.54, 1.807) is 17.2 Å². The van der Waals surface area contributed by atoms with Crippen LogP contribution in [0.25, 0.3) is 5.82 Å². The molecule has 2 heterocycles. The zero-order valence-corrected chi connectivity index (χ0v) is 7.67. The van der Waals surface area contributed by atoms with E-state index in [9.17, 15) is 0 Å². The van der Waals surface area contributed by atoms with Gasteiger partial charge in [-0.15, -0.1) is 0 Å². The van der Waals surface area contributed by atoms with E-state index in [0.717, 1.165) is 17.8 Å². The van der Waals surface area contributed by atoms with E-state index in [0.29, 0.717) is 6.54 Å². The molecule has 0 saturated heterocycles. The highest BCUT2D eigenvalue weighted by molar-refractivity contribution is 5.32. The molecule has 5 heteroatoms. The van der Waals surface area contributed by atoms with Crippen molar-refractivity contribution in [2.24, 2.45) is 5.73 Å². The highest BCUT2D eigenvalue weighted by Crippen LogP contribution is 2.09. The number of pyridine rings is 1. The van der Waals surface area contributed by atoms with Crippen LogP contribution >= 0.6 is 0 Å². The molecule has 14 heavy (non-hydrogen) atoms. The lowest BCUT2D eigenvalue weighted by Gasteiger charge is -2.05. The first-order chi connectivity index (χ1) is 6.92. The van der Waals surface area contributed by atoms with Gasteiger partial charge in [-0.25, -0.2) is 14.6 Å². The molecule has 2 aromatic rings. The summed E-state index contributed by atoms with van der Waals surface area (Å²) in [4.78, 5) is 8.13. The normalized spacial score (nSPS) is 10.4. The summed E-state index contributed by atoms with van der Waals surface area (Å²) in [6.07, 6.45) is 5.64. The third-order valence-electron chi connectivity index (χ3n) is 1.92. The molecule has 0 unspecified atom stereocenters. The Labute approximate surface area is 81.6 Å². The molecule has 0 aromatic carbocycles. The minimum absolute atomic E-state index is 0.605. The lowest BCUT2D eigenvalue weighted by atomic mass is 10.2. The highest BCUT2D eigenvalue weighted by atomic mass is 15.3. The molecule has 2 N–H and O–H groups in total. The lowest BCUT2D eigenvalue weighted by Crippen LogP contribution is -2.08. The van der Waals surface area contributed by atoms with Crippen molar-refractivity contribution >= 4 is 0 Å². The number of rotatable bonds is 3. The van der Waals surface area contributed by atoms with Crippen LogP contribution in [0, 0.1) is 0 Å². The van der Waals surface area contributed by atoms with Gasteiger partial charge in [0.05, 0.1) is 0 Å². The minimum Gasteiger partial charge on any atom is -0.330 e. The van der Waals surface area contributed by atoms with Gasteiger partial charge in [0.2, 0.25) is 0 Å². The second-order valence-corrected chi connectivity index (χ2v) is 2.86. The van der Waals surface area contributed by atoms with Gasteiger partial charge in [0, 0.05) is 6.20 Å². The van der Waals surface area contributed by atoms with Crippen molar-refractivity contribution in [3.8, 4) is 5.82 Å². The number of aromatic nitrogens is 4. The Morgan fingerprint density at radius 1 is 1.43 bits per heavy atom. The molecule has 0 aliphatic rings. The van der Waals surface area contributed by atoms with Crippen molar-refractivity contribution < 1.29 is 0 Å². The molecule has 0 fully saturated rings. The molecule has 72 valence electrons. The molecule has 0 radical (unpaired) electrons. The Hall–Kier alpha value is -1.75. The van der Waals surface area contributed by atoms with Crippen molar-refractivity contribution in [3.05, 3.63) is 36.5 Å². The predicted octanol–water partition coefficient (Wildman–Crippen LogP) is 0.163. The van der Waals surface area contributed by atoms with Crippen LogP contribution in [-0.4, -0.2) is 26.3 Å². The van der Waals surface area contributed by atoms with Crippen LogP contribution in [0.4, 0.5) is 0 Å². The molecule has 0 saturated carbocycles. The fourth-order valence-electron chi connectivity index (χ4n) is 1.30. The van der Waals surface area contributed by atoms with Crippen LogP contribution in [0.1, 0.15) is 5.56 Å². The molecule has 0 spiro atoms. The quantitative estimate of drug-likeness (QED) is 0.746. The maximum atomic E-state index is 5.51. The van der Waals surface area contributed by atoms with E-state index in [4.69, 9.17) is 5.73 Å². The second-order valence-electron chi connectivity index (χ2n) is 2.86. The molecule has 2 aromatic heterocycles. The maximum absolute atomic E-state index is 5.51. The Kier molecular flexibility index (Phi) is 2.51. The first kappa shape index (κ1) is 8.83. The summed E-state index contributed by atoms with van der Waals surface area (Å²) in [7, 11) is 0. The first-order valence-corrected chi connectivity index (χ1v) is 4.41. The van der Waals surface area contributed by atoms with Gasteiger partial charge in [-0.2, -0.15) is 5.10 Å².